The predicted molar refractivity (Wildman–Crippen MR) is 58.4 cm³/mol. The molecule has 2 N–H and O–H groups in total. The number of rotatable bonds is 1. The quantitative estimate of drug-likeness (QED) is 0.796. The second-order valence-electron chi connectivity index (χ2n) is 3.52. The number of benzene rings is 1. The zero-order valence-electron chi connectivity index (χ0n) is 8.90. The van der Waals surface area contributed by atoms with Gasteiger partial charge in [0, 0.05) is 0 Å². The fourth-order valence-electron chi connectivity index (χ4n) is 1.43. The van der Waals surface area contributed by atoms with E-state index < -0.39 is 22.9 Å². The van der Waals surface area contributed by atoms with E-state index in [0.29, 0.717) is 0 Å². The van der Waals surface area contributed by atoms with E-state index in [9.17, 15) is 19.4 Å². The molecule has 0 aliphatic heterocycles. The van der Waals surface area contributed by atoms with Crippen molar-refractivity contribution < 1.29 is 19.0 Å². The zero-order chi connectivity index (χ0) is 12.6. The molecule has 0 spiro atoms. The molecule has 0 fully saturated rings. The summed E-state index contributed by atoms with van der Waals surface area (Å²) < 4.78 is 18.3. The Morgan fingerprint density at radius 1 is 1.24 bits per heavy atom. The van der Waals surface area contributed by atoms with Crippen molar-refractivity contribution in [1.29, 1.82) is 0 Å². The van der Waals surface area contributed by atoms with Crippen molar-refractivity contribution in [2.24, 2.45) is 0 Å². The molecule has 0 saturated carbocycles. The smallest absolute Gasteiger partial charge is 0.289 e. The third-order valence-corrected chi connectivity index (χ3v) is 2.41. The maximum Gasteiger partial charge on any atom is 0.289 e. The Kier molecular flexibility index (Phi) is 2.59. The largest absolute Gasteiger partial charge is 0.502 e. The first-order chi connectivity index (χ1) is 8.02. The van der Waals surface area contributed by atoms with Crippen LogP contribution in [-0.2, 0) is 0 Å². The predicted octanol–water partition coefficient (Wildman–Crippen LogP) is 2.17. The topological polar surface area (TPSA) is 70.7 Å². The van der Waals surface area contributed by atoms with E-state index in [4.69, 9.17) is 4.42 Å². The maximum atomic E-state index is 13.5. The Morgan fingerprint density at radius 3 is 2.53 bits per heavy atom. The van der Waals surface area contributed by atoms with Gasteiger partial charge in [-0.05, 0) is 19.1 Å². The number of hydrogen-bond donors (Lipinski definition) is 2. The van der Waals surface area contributed by atoms with Crippen molar-refractivity contribution in [3.8, 4) is 23.0 Å². The highest BCUT2D eigenvalue weighted by Crippen LogP contribution is 2.32. The van der Waals surface area contributed by atoms with Gasteiger partial charge in [-0.15, -0.1) is 0 Å². The average Bonchev–Trinajstić information content (AvgIpc) is 2.32. The van der Waals surface area contributed by atoms with Crippen LogP contribution in [0.3, 0.4) is 0 Å². The normalized spacial score (nSPS) is 10.5. The molecule has 0 radical (unpaired) electrons. The van der Waals surface area contributed by atoms with Crippen molar-refractivity contribution in [2.75, 3.05) is 0 Å². The van der Waals surface area contributed by atoms with Crippen LogP contribution in [0.15, 0.2) is 33.5 Å². The van der Waals surface area contributed by atoms with Gasteiger partial charge in [-0.1, -0.05) is 12.1 Å². The molecule has 1 heterocycles. The van der Waals surface area contributed by atoms with Gasteiger partial charge in [-0.25, -0.2) is 4.39 Å². The molecule has 0 aliphatic carbocycles. The number of aromatic hydroxyl groups is 2. The average molecular weight is 236 g/mol. The molecular formula is C12H9FO4. The van der Waals surface area contributed by atoms with Crippen LogP contribution >= 0.6 is 0 Å². The molecule has 2 aromatic rings. The Labute approximate surface area is 95.6 Å². The molecule has 0 unspecified atom stereocenters. The minimum atomic E-state index is -0.785. The Hall–Kier alpha value is -2.30. The summed E-state index contributed by atoms with van der Waals surface area (Å²) in [6.45, 7) is 1.30. The minimum absolute atomic E-state index is 0.0857. The van der Waals surface area contributed by atoms with Gasteiger partial charge in [0.15, 0.2) is 5.76 Å². The number of halogens is 1. The Morgan fingerprint density at radius 2 is 1.88 bits per heavy atom. The standard InChI is InChI=1S/C12H9FO4/c1-6-9(14)10(15)11(17-12(6)16)7-4-2-3-5-8(7)13/h2-5,15-16H,1H3. The molecule has 0 atom stereocenters. The lowest BCUT2D eigenvalue weighted by atomic mass is 10.1. The fourth-order valence-corrected chi connectivity index (χ4v) is 1.43. The van der Waals surface area contributed by atoms with Crippen molar-refractivity contribution in [1.82, 2.24) is 0 Å². The van der Waals surface area contributed by atoms with E-state index in [0.717, 1.165) is 6.07 Å². The molecule has 1 aromatic heterocycles. The van der Waals surface area contributed by atoms with Gasteiger partial charge in [0.25, 0.3) is 5.95 Å². The van der Waals surface area contributed by atoms with Crippen LogP contribution in [0.25, 0.3) is 11.3 Å². The van der Waals surface area contributed by atoms with Crippen molar-refractivity contribution >= 4 is 0 Å². The lowest BCUT2D eigenvalue weighted by Gasteiger charge is -2.06. The van der Waals surface area contributed by atoms with E-state index >= 15 is 0 Å². The SMILES string of the molecule is Cc1c(O)oc(-c2ccccc2F)c(O)c1=O. The lowest BCUT2D eigenvalue weighted by Crippen LogP contribution is -2.05. The van der Waals surface area contributed by atoms with E-state index in [2.05, 4.69) is 0 Å². The van der Waals surface area contributed by atoms with Gasteiger partial charge in [-0.2, -0.15) is 0 Å². The van der Waals surface area contributed by atoms with Crippen LogP contribution in [0.5, 0.6) is 11.7 Å². The van der Waals surface area contributed by atoms with Crippen LogP contribution in [-0.4, -0.2) is 10.2 Å². The minimum Gasteiger partial charge on any atom is -0.502 e. The molecule has 0 bridgehead atoms. The van der Waals surface area contributed by atoms with Crippen LogP contribution in [0.2, 0.25) is 0 Å². The summed E-state index contributed by atoms with van der Waals surface area (Å²) in [5.74, 6) is -2.39. The van der Waals surface area contributed by atoms with Crippen molar-refractivity contribution in [3.63, 3.8) is 0 Å². The van der Waals surface area contributed by atoms with E-state index in [1.165, 1.54) is 25.1 Å². The Bertz CT molecular complexity index is 631. The summed E-state index contributed by atoms with van der Waals surface area (Å²) in [6.07, 6.45) is 0. The molecule has 5 heteroatoms. The van der Waals surface area contributed by atoms with Gasteiger partial charge in [0.05, 0.1) is 11.1 Å². The molecule has 0 amide bonds. The van der Waals surface area contributed by atoms with E-state index in [1.54, 1.807) is 0 Å². The lowest BCUT2D eigenvalue weighted by molar-refractivity contribution is 0.312. The van der Waals surface area contributed by atoms with Gasteiger partial charge >= 0.3 is 0 Å². The highest BCUT2D eigenvalue weighted by atomic mass is 19.1. The molecule has 1 aromatic carbocycles. The highest BCUT2D eigenvalue weighted by Gasteiger charge is 2.19. The van der Waals surface area contributed by atoms with Crippen molar-refractivity contribution in [2.45, 2.75) is 6.92 Å². The van der Waals surface area contributed by atoms with Crippen LogP contribution in [0.1, 0.15) is 5.56 Å². The molecule has 2 rings (SSSR count). The third-order valence-electron chi connectivity index (χ3n) is 2.41. The van der Waals surface area contributed by atoms with Gasteiger partial charge in [0.2, 0.25) is 11.2 Å². The molecule has 88 valence electrons. The maximum absolute atomic E-state index is 13.5. The molecular weight excluding hydrogens is 227 g/mol. The fraction of sp³-hybridized carbons (Fsp3) is 0.0833. The summed E-state index contributed by atoms with van der Waals surface area (Å²) in [5, 5.41) is 19.0. The molecule has 17 heavy (non-hydrogen) atoms. The van der Waals surface area contributed by atoms with E-state index in [1.807, 2.05) is 0 Å². The van der Waals surface area contributed by atoms with Crippen LogP contribution in [0.4, 0.5) is 4.39 Å². The highest BCUT2D eigenvalue weighted by molar-refractivity contribution is 5.65. The molecule has 0 aliphatic rings. The molecule has 4 nitrogen and oxygen atoms in total. The summed E-state index contributed by atoms with van der Waals surface area (Å²) in [5.41, 5.74) is -0.994. The number of hydrogen-bond acceptors (Lipinski definition) is 4. The van der Waals surface area contributed by atoms with Crippen LogP contribution in [0, 0.1) is 12.7 Å². The summed E-state index contributed by atoms with van der Waals surface area (Å²) >= 11 is 0. The summed E-state index contributed by atoms with van der Waals surface area (Å²) in [6, 6.07) is 5.48. The molecule has 0 saturated heterocycles. The summed E-state index contributed by atoms with van der Waals surface area (Å²) in [4.78, 5) is 11.5. The van der Waals surface area contributed by atoms with Gasteiger partial charge in [-0.3, -0.25) is 4.79 Å². The van der Waals surface area contributed by atoms with Crippen LogP contribution < -0.4 is 5.43 Å². The first-order valence-corrected chi connectivity index (χ1v) is 4.83. The van der Waals surface area contributed by atoms with Crippen molar-refractivity contribution in [3.05, 3.63) is 45.9 Å². The first-order valence-electron chi connectivity index (χ1n) is 4.83. The monoisotopic (exact) mass is 236 g/mol. The third kappa shape index (κ3) is 1.75. The zero-order valence-corrected chi connectivity index (χ0v) is 8.90. The summed E-state index contributed by atoms with van der Waals surface area (Å²) in [7, 11) is 0. The van der Waals surface area contributed by atoms with E-state index in [-0.39, 0.29) is 16.9 Å². The second-order valence-corrected chi connectivity index (χ2v) is 3.52. The Balaban J connectivity index is 2.78. The van der Waals surface area contributed by atoms with Gasteiger partial charge < -0.3 is 14.6 Å². The second kappa shape index (κ2) is 3.93. The van der Waals surface area contributed by atoms with Gasteiger partial charge in [0.1, 0.15) is 5.82 Å². The first kappa shape index (κ1) is 11.2.